The summed E-state index contributed by atoms with van der Waals surface area (Å²) in [5, 5.41) is 0.634. The number of anilines is 1. The maximum absolute atomic E-state index is 6.85. The van der Waals surface area contributed by atoms with Gasteiger partial charge in [0.15, 0.2) is 0 Å². The molecule has 0 saturated carbocycles. The van der Waals surface area contributed by atoms with Crippen molar-refractivity contribution in [1.29, 1.82) is 0 Å². The summed E-state index contributed by atoms with van der Waals surface area (Å²) in [6.07, 6.45) is 0. The number of hydrogen-bond donors (Lipinski definition) is 1. The van der Waals surface area contributed by atoms with Gasteiger partial charge in [0, 0.05) is 4.88 Å². The topological polar surface area (TPSA) is 30.4 Å². The minimum Gasteiger partial charge on any atom is -0.399 e. The van der Waals surface area contributed by atoms with Crippen LogP contribution in [0.5, 0.6) is 0 Å². The SMILES string of the molecule is [C-]#[N+]c1cc(C(C)(C)C)sc1N. The minimum absolute atomic E-state index is 0.0989. The van der Waals surface area contributed by atoms with Crippen molar-refractivity contribution in [3.8, 4) is 0 Å². The quantitative estimate of drug-likeness (QED) is 0.611. The lowest BCUT2D eigenvalue weighted by Crippen LogP contribution is -2.07. The standard InChI is InChI=1S/C9H12N2S/c1-9(2,3)7-5-6(11-4)8(10)12-7/h5H,10H2,1-3H3. The molecule has 0 fully saturated rings. The minimum atomic E-state index is 0.0989. The Morgan fingerprint density at radius 2 is 2.08 bits per heavy atom. The van der Waals surface area contributed by atoms with Crippen LogP contribution in [0.1, 0.15) is 25.6 Å². The first-order valence-electron chi connectivity index (χ1n) is 3.72. The number of nitrogens with zero attached hydrogens (tertiary/aromatic N) is 1. The molecule has 64 valence electrons. The van der Waals surface area contributed by atoms with Gasteiger partial charge in [0.1, 0.15) is 0 Å². The molecule has 2 N–H and O–H groups in total. The van der Waals surface area contributed by atoms with Crippen molar-refractivity contribution in [3.05, 3.63) is 22.4 Å². The fourth-order valence-corrected chi connectivity index (χ4v) is 1.78. The van der Waals surface area contributed by atoms with E-state index >= 15 is 0 Å². The Balaban J connectivity index is 3.16. The van der Waals surface area contributed by atoms with Crippen molar-refractivity contribution in [3.63, 3.8) is 0 Å². The number of nitrogens with two attached hydrogens (primary N) is 1. The summed E-state index contributed by atoms with van der Waals surface area (Å²) in [6, 6.07) is 1.88. The highest BCUT2D eigenvalue weighted by molar-refractivity contribution is 7.16. The van der Waals surface area contributed by atoms with E-state index in [1.165, 1.54) is 16.2 Å². The summed E-state index contributed by atoms with van der Waals surface area (Å²) < 4.78 is 0. The lowest BCUT2D eigenvalue weighted by molar-refractivity contribution is 0.604. The van der Waals surface area contributed by atoms with Crippen molar-refractivity contribution in [1.82, 2.24) is 0 Å². The molecule has 0 aromatic carbocycles. The average Bonchev–Trinajstić information content (AvgIpc) is 2.29. The van der Waals surface area contributed by atoms with Gasteiger partial charge in [-0.25, -0.2) is 4.85 Å². The number of hydrogen-bond acceptors (Lipinski definition) is 2. The Kier molecular flexibility index (Phi) is 2.12. The smallest absolute Gasteiger partial charge is 0.220 e. The molecule has 0 amide bonds. The van der Waals surface area contributed by atoms with Crippen LogP contribution >= 0.6 is 11.3 Å². The number of nitrogen functional groups attached to an aromatic ring is 1. The number of rotatable bonds is 0. The van der Waals surface area contributed by atoms with Crippen molar-refractivity contribution in [2.24, 2.45) is 0 Å². The highest BCUT2D eigenvalue weighted by Gasteiger charge is 2.17. The van der Waals surface area contributed by atoms with Crippen LogP contribution in [0.3, 0.4) is 0 Å². The molecule has 2 nitrogen and oxygen atoms in total. The summed E-state index contributed by atoms with van der Waals surface area (Å²) in [5.41, 5.74) is 6.34. The lowest BCUT2D eigenvalue weighted by Gasteiger charge is -2.15. The molecule has 3 heteroatoms. The summed E-state index contributed by atoms with van der Waals surface area (Å²) in [7, 11) is 0. The Hall–Kier alpha value is -1.01. The van der Waals surface area contributed by atoms with Crippen molar-refractivity contribution in [2.75, 3.05) is 5.73 Å². The van der Waals surface area contributed by atoms with Gasteiger partial charge in [-0.15, -0.1) is 11.3 Å². The first kappa shape index (κ1) is 9.08. The second kappa shape index (κ2) is 2.80. The Bertz CT molecular complexity index is 325. The van der Waals surface area contributed by atoms with Crippen LogP contribution < -0.4 is 5.73 Å². The van der Waals surface area contributed by atoms with Gasteiger partial charge in [-0.05, 0) is 11.5 Å². The van der Waals surface area contributed by atoms with E-state index in [1.54, 1.807) is 0 Å². The van der Waals surface area contributed by atoms with Gasteiger partial charge >= 0.3 is 0 Å². The van der Waals surface area contributed by atoms with Crippen molar-refractivity contribution >= 4 is 22.0 Å². The third-order valence-corrected chi connectivity index (χ3v) is 2.98. The van der Waals surface area contributed by atoms with Gasteiger partial charge in [-0.2, -0.15) is 0 Å². The van der Waals surface area contributed by atoms with Crippen LogP contribution in [-0.2, 0) is 5.41 Å². The molecule has 0 saturated heterocycles. The zero-order valence-electron chi connectivity index (χ0n) is 7.51. The van der Waals surface area contributed by atoms with Gasteiger partial charge < -0.3 is 5.73 Å². The van der Waals surface area contributed by atoms with E-state index in [-0.39, 0.29) is 5.41 Å². The molecule has 1 heterocycles. The van der Waals surface area contributed by atoms with Crippen LogP contribution in [0.15, 0.2) is 6.07 Å². The van der Waals surface area contributed by atoms with E-state index < -0.39 is 0 Å². The van der Waals surface area contributed by atoms with Crippen molar-refractivity contribution in [2.45, 2.75) is 26.2 Å². The third kappa shape index (κ3) is 1.59. The van der Waals surface area contributed by atoms with Crippen LogP contribution in [0, 0.1) is 6.57 Å². The second-order valence-electron chi connectivity index (χ2n) is 3.72. The van der Waals surface area contributed by atoms with Crippen LogP contribution in [-0.4, -0.2) is 0 Å². The average molecular weight is 180 g/mol. The Labute approximate surface area is 76.8 Å². The molecule has 0 aliphatic rings. The van der Waals surface area contributed by atoms with Crippen LogP contribution in [0.4, 0.5) is 10.7 Å². The molecule has 1 rings (SSSR count). The molecule has 0 spiro atoms. The van der Waals surface area contributed by atoms with Gasteiger partial charge in [0.25, 0.3) is 0 Å². The molecule has 0 aliphatic heterocycles. The molecule has 12 heavy (non-hydrogen) atoms. The molecular formula is C9H12N2S. The maximum Gasteiger partial charge on any atom is 0.220 e. The zero-order valence-corrected chi connectivity index (χ0v) is 8.33. The van der Waals surface area contributed by atoms with Gasteiger partial charge in [-0.3, -0.25) is 0 Å². The fourth-order valence-electron chi connectivity index (χ4n) is 0.852. The van der Waals surface area contributed by atoms with E-state index in [4.69, 9.17) is 12.3 Å². The molecule has 1 aromatic heterocycles. The zero-order chi connectivity index (χ0) is 9.35. The summed E-state index contributed by atoms with van der Waals surface area (Å²) in [4.78, 5) is 4.51. The van der Waals surface area contributed by atoms with E-state index in [0.717, 1.165) is 0 Å². The molecule has 0 unspecified atom stereocenters. The molecule has 0 bridgehead atoms. The van der Waals surface area contributed by atoms with E-state index in [9.17, 15) is 0 Å². The van der Waals surface area contributed by atoms with Crippen molar-refractivity contribution < 1.29 is 0 Å². The number of thiophene rings is 1. The van der Waals surface area contributed by atoms with Gasteiger partial charge in [0.2, 0.25) is 5.69 Å². The predicted octanol–water partition coefficient (Wildman–Crippen LogP) is 3.18. The first-order valence-corrected chi connectivity index (χ1v) is 4.54. The maximum atomic E-state index is 6.85. The third-order valence-electron chi connectivity index (χ3n) is 1.60. The molecular weight excluding hydrogens is 168 g/mol. The monoisotopic (exact) mass is 180 g/mol. The first-order chi connectivity index (χ1) is 5.45. The second-order valence-corrected chi connectivity index (χ2v) is 4.81. The van der Waals surface area contributed by atoms with Crippen LogP contribution in [0.2, 0.25) is 0 Å². The summed E-state index contributed by atoms with van der Waals surface area (Å²) in [6.45, 7) is 13.2. The normalized spacial score (nSPS) is 11.2. The van der Waals surface area contributed by atoms with E-state index in [0.29, 0.717) is 10.7 Å². The summed E-state index contributed by atoms with van der Waals surface area (Å²) >= 11 is 1.51. The highest BCUT2D eigenvalue weighted by Crippen LogP contribution is 2.38. The summed E-state index contributed by atoms with van der Waals surface area (Å²) in [5.74, 6) is 0. The van der Waals surface area contributed by atoms with E-state index in [2.05, 4.69) is 25.6 Å². The highest BCUT2D eigenvalue weighted by atomic mass is 32.1. The molecule has 1 aromatic rings. The molecule has 0 atom stereocenters. The lowest BCUT2D eigenvalue weighted by atomic mass is 9.95. The predicted molar refractivity (Wildman–Crippen MR) is 53.7 cm³/mol. The van der Waals surface area contributed by atoms with Gasteiger partial charge in [-0.1, -0.05) is 20.8 Å². The molecule has 0 radical (unpaired) electrons. The van der Waals surface area contributed by atoms with Gasteiger partial charge in [0.05, 0.1) is 11.6 Å². The fraction of sp³-hybridized carbons (Fsp3) is 0.444. The largest absolute Gasteiger partial charge is 0.399 e. The van der Waals surface area contributed by atoms with Crippen LogP contribution in [0.25, 0.3) is 4.85 Å². The Morgan fingerprint density at radius 1 is 1.50 bits per heavy atom. The molecule has 0 aliphatic carbocycles. The van der Waals surface area contributed by atoms with E-state index in [1.807, 2.05) is 6.07 Å². The Morgan fingerprint density at radius 3 is 2.33 bits per heavy atom.